The molecule has 0 aliphatic carbocycles. The van der Waals surface area contributed by atoms with E-state index in [9.17, 15) is 28.0 Å². The van der Waals surface area contributed by atoms with Crippen molar-refractivity contribution in [3.8, 4) is 5.75 Å². The van der Waals surface area contributed by atoms with Crippen molar-refractivity contribution < 1.29 is 43.6 Å². The fourth-order valence-corrected chi connectivity index (χ4v) is 7.62. The van der Waals surface area contributed by atoms with Gasteiger partial charge in [0.05, 0.1) is 18.4 Å². The number of carbonyl (C=O) groups is 3. The Morgan fingerprint density at radius 3 is 2.35 bits per heavy atom. The van der Waals surface area contributed by atoms with Gasteiger partial charge in [0.25, 0.3) is 11.8 Å². The van der Waals surface area contributed by atoms with Gasteiger partial charge in [0.2, 0.25) is 18.0 Å². The van der Waals surface area contributed by atoms with Crippen LogP contribution in [-0.2, 0) is 20.9 Å². The van der Waals surface area contributed by atoms with Crippen molar-refractivity contribution in [1.82, 2.24) is 14.8 Å². The molecule has 4 heterocycles. The number of nitrogens with zero attached hydrogens (tertiary/aromatic N) is 3. The third kappa shape index (κ3) is 9.97. The maximum atomic E-state index is 14.4. The maximum Gasteiger partial charge on any atom is 0.511 e. The highest BCUT2D eigenvalue weighted by atomic mass is 19.1. The van der Waals surface area contributed by atoms with Crippen LogP contribution < -0.4 is 15.5 Å². The Morgan fingerprint density at radius 2 is 1.70 bits per heavy atom. The summed E-state index contributed by atoms with van der Waals surface area (Å²) in [5, 5.41) is 6.74. The number of unbranched alkanes of at least 4 members (excludes halogenated alkanes) is 11. The standard InChI is InChI=1S/C40H54F2N4O8.H2/c1-4-5-6-7-8-9-10-11-12-13-14-15-20-51-39(50)53-26-52-36-34-38(49)45-25-33(40(19-18-28(45)3)22-27(2)44-54-40)46(34)24-31(35(36)47)37(48)43-23-29-16-17-30(41)21-32(29)42;/h16-17,21,24,28,33H,4-15,18-20,22-23,25-26H2,1-3H3,(H,43,48);1H/t28-,33+,40-;/m0./s1. The molecule has 1 fully saturated rings. The van der Waals surface area contributed by atoms with Gasteiger partial charge in [-0.25, -0.2) is 13.6 Å². The van der Waals surface area contributed by atoms with E-state index >= 15 is 0 Å². The molecule has 2 bridgehead atoms. The van der Waals surface area contributed by atoms with Gasteiger partial charge >= 0.3 is 6.16 Å². The molecule has 3 aliphatic heterocycles. The number of nitrogens with one attached hydrogen (secondary N) is 1. The number of rotatable bonds is 19. The Labute approximate surface area is 317 Å². The van der Waals surface area contributed by atoms with E-state index in [1.54, 1.807) is 4.90 Å². The lowest BCUT2D eigenvalue weighted by Gasteiger charge is -2.42. The van der Waals surface area contributed by atoms with Crippen molar-refractivity contribution >= 4 is 23.7 Å². The largest absolute Gasteiger partial charge is 0.511 e. The van der Waals surface area contributed by atoms with Gasteiger partial charge in [-0.2, -0.15) is 0 Å². The normalized spacial score (nSPS) is 20.2. The second-order valence-corrected chi connectivity index (χ2v) is 14.8. The van der Waals surface area contributed by atoms with Crippen LogP contribution in [0.5, 0.6) is 5.75 Å². The average molecular weight is 759 g/mol. The molecule has 298 valence electrons. The highest BCUT2D eigenvalue weighted by Crippen LogP contribution is 2.46. The van der Waals surface area contributed by atoms with Crippen molar-refractivity contribution in [2.24, 2.45) is 5.16 Å². The molecule has 0 saturated carbocycles. The Hall–Kier alpha value is -4.49. The highest BCUT2D eigenvalue weighted by Gasteiger charge is 2.54. The van der Waals surface area contributed by atoms with Crippen molar-refractivity contribution in [2.75, 3.05) is 19.9 Å². The average Bonchev–Trinajstić information content (AvgIpc) is 3.48. The second kappa shape index (κ2) is 19.2. The molecular formula is C40H56F2N4O8. The van der Waals surface area contributed by atoms with Gasteiger partial charge in [-0.05, 0) is 39.2 Å². The zero-order chi connectivity index (χ0) is 38.7. The molecule has 54 heavy (non-hydrogen) atoms. The molecule has 3 atom stereocenters. The molecule has 5 rings (SSSR count). The van der Waals surface area contributed by atoms with Gasteiger partial charge in [-0.1, -0.05) is 88.8 Å². The van der Waals surface area contributed by atoms with E-state index in [-0.39, 0.29) is 38.4 Å². The van der Waals surface area contributed by atoms with Crippen LogP contribution in [0.3, 0.4) is 0 Å². The van der Waals surface area contributed by atoms with E-state index in [1.165, 1.54) is 68.2 Å². The number of benzene rings is 1. The number of pyridine rings is 1. The Balaban J connectivity index is 0.00000673. The third-order valence-corrected chi connectivity index (χ3v) is 10.7. The minimum absolute atomic E-state index is 0. The van der Waals surface area contributed by atoms with Gasteiger partial charge in [0, 0.05) is 44.8 Å². The first-order chi connectivity index (χ1) is 26.0. The number of hydrogen-bond donors (Lipinski definition) is 1. The molecule has 0 unspecified atom stereocenters. The van der Waals surface area contributed by atoms with Crippen LogP contribution in [0.25, 0.3) is 0 Å². The lowest BCUT2D eigenvalue weighted by Crippen LogP contribution is -2.52. The quantitative estimate of drug-likeness (QED) is 0.0860. The van der Waals surface area contributed by atoms with Crippen LogP contribution in [0.15, 0.2) is 34.3 Å². The SMILES string of the molecule is CCCCCCCCCCCCCCOC(=O)OCOc1c2n(cc(C(=O)NCc3ccc(F)cc3F)c1=O)[C@@H]1CN(C2=O)[C@@H](C)CC[C@]12CC(C)=NO2.[HH]. The van der Waals surface area contributed by atoms with Crippen molar-refractivity contribution in [1.29, 1.82) is 0 Å². The molecule has 1 saturated heterocycles. The molecule has 3 aliphatic rings. The van der Waals surface area contributed by atoms with Gasteiger partial charge in [-0.3, -0.25) is 14.4 Å². The predicted molar refractivity (Wildman–Crippen MR) is 200 cm³/mol. The number of hydrogen-bond acceptors (Lipinski definition) is 9. The minimum atomic E-state index is -0.995. The number of amides is 2. The number of carbonyl (C=O) groups excluding carboxylic acids is 3. The number of ether oxygens (including phenoxy) is 3. The Kier molecular flexibility index (Phi) is 14.5. The van der Waals surface area contributed by atoms with Crippen LogP contribution >= 0.6 is 0 Å². The van der Waals surface area contributed by atoms with E-state index < -0.39 is 64.8 Å². The number of aromatic nitrogens is 1. The van der Waals surface area contributed by atoms with E-state index in [0.717, 1.165) is 31.0 Å². The summed E-state index contributed by atoms with van der Waals surface area (Å²) in [7, 11) is 0. The predicted octanol–water partition coefficient (Wildman–Crippen LogP) is 8.21. The van der Waals surface area contributed by atoms with Crippen LogP contribution in [0, 0.1) is 11.6 Å². The van der Waals surface area contributed by atoms with Crippen molar-refractivity contribution in [3.63, 3.8) is 0 Å². The molecule has 1 N–H and O–H groups in total. The molecule has 0 radical (unpaired) electrons. The van der Waals surface area contributed by atoms with Crippen LogP contribution in [0.2, 0.25) is 0 Å². The lowest BCUT2D eigenvalue weighted by atomic mass is 9.84. The first-order valence-corrected chi connectivity index (χ1v) is 19.5. The summed E-state index contributed by atoms with van der Waals surface area (Å²) < 4.78 is 45.4. The number of fused-ring (bicyclic) bond motifs is 5. The molecule has 1 aromatic carbocycles. The van der Waals surface area contributed by atoms with Crippen molar-refractivity contribution in [2.45, 2.75) is 141 Å². The van der Waals surface area contributed by atoms with Gasteiger partial charge < -0.3 is 33.8 Å². The monoisotopic (exact) mass is 758 g/mol. The zero-order valence-electron chi connectivity index (χ0n) is 31.8. The molecule has 1 aromatic heterocycles. The van der Waals surface area contributed by atoms with Gasteiger partial charge in [0.15, 0.2) is 11.3 Å². The zero-order valence-corrected chi connectivity index (χ0v) is 31.8. The topological polar surface area (TPSA) is 138 Å². The highest BCUT2D eigenvalue weighted by molar-refractivity contribution is 5.99. The van der Waals surface area contributed by atoms with E-state index in [0.29, 0.717) is 31.7 Å². The number of oxime groups is 1. The van der Waals surface area contributed by atoms with E-state index in [4.69, 9.17) is 19.0 Å². The lowest BCUT2D eigenvalue weighted by molar-refractivity contribution is -0.0658. The van der Waals surface area contributed by atoms with Gasteiger partial charge in [-0.15, -0.1) is 0 Å². The first kappa shape index (κ1) is 40.7. The Morgan fingerprint density at radius 1 is 1.02 bits per heavy atom. The Bertz CT molecular complexity index is 1740. The summed E-state index contributed by atoms with van der Waals surface area (Å²) in [4.78, 5) is 61.7. The molecule has 14 heteroatoms. The summed E-state index contributed by atoms with van der Waals surface area (Å²) >= 11 is 0. The first-order valence-electron chi connectivity index (χ1n) is 19.5. The van der Waals surface area contributed by atoms with Crippen LogP contribution in [-0.4, -0.2) is 64.7 Å². The molecule has 1 spiro atoms. The van der Waals surface area contributed by atoms with Gasteiger partial charge in [0.1, 0.15) is 17.2 Å². The second-order valence-electron chi connectivity index (χ2n) is 14.8. The summed E-state index contributed by atoms with van der Waals surface area (Å²) in [6.07, 6.45) is 16.0. The smallest absolute Gasteiger partial charge is 0.451 e. The number of halogens is 2. The fraction of sp³-hybridized carbons (Fsp3) is 0.625. The van der Waals surface area contributed by atoms with E-state index in [1.807, 2.05) is 13.8 Å². The fourth-order valence-electron chi connectivity index (χ4n) is 7.62. The summed E-state index contributed by atoms with van der Waals surface area (Å²) in [5.41, 5.74) is -1.54. The summed E-state index contributed by atoms with van der Waals surface area (Å²) in [6, 6.07) is 2.17. The summed E-state index contributed by atoms with van der Waals surface area (Å²) in [5.74, 6) is -3.49. The van der Waals surface area contributed by atoms with Crippen molar-refractivity contribution in [3.05, 3.63) is 63.1 Å². The third-order valence-electron chi connectivity index (χ3n) is 10.7. The summed E-state index contributed by atoms with van der Waals surface area (Å²) in [6.45, 7) is 5.26. The molecule has 12 nitrogen and oxygen atoms in total. The molecular weight excluding hydrogens is 702 g/mol. The van der Waals surface area contributed by atoms with Crippen LogP contribution in [0.4, 0.5) is 13.6 Å². The van der Waals surface area contributed by atoms with E-state index in [2.05, 4.69) is 17.4 Å². The molecule has 2 amide bonds. The maximum absolute atomic E-state index is 14.4. The minimum Gasteiger partial charge on any atom is -0.451 e. The van der Waals surface area contributed by atoms with Crippen LogP contribution in [0.1, 0.15) is 151 Å². The molecule has 2 aromatic rings.